The van der Waals surface area contributed by atoms with E-state index in [-0.39, 0.29) is 17.7 Å². The monoisotopic (exact) mass is 239 g/mol. The molecule has 2 saturated carbocycles. The maximum absolute atomic E-state index is 12.0. The van der Waals surface area contributed by atoms with Crippen LogP contribution in [0.25, 0.3) is 0 Å². The summed E-state index contributed by atoms with van der Waals surface area (Å²) in [6.07, 6.45) is 7.53. The molecule has 2 atom stereocenters. The minimum Gasteiger partial charge on any atom is -0.481 e. The summed E-state index contributed by atoms with van der Waals surface area (Å²) in [5.74, 6) is -1.06. The van der Waals surface area contributed by atoms with Gasteiger partial charge in [0.25, 0.3) is 0 Å². The summed E-state index contributed by atoms with van der Waals surface area (Å²) in [4.78, 5) is 23.0. The molecule has 0 aromatic carbocycles. The van der Waals surface area contributed by atoms with Gasteiger partial charge in [0.1, 0.15) is 0 Å². The Kier molecular flexibility index (Phi) is 4.02. The van der Waals surface area contributed by atoms with E-state index in [0.29, 0.717) is 12.5 Å². The number of carbonyl (C=O) groups is 2. The van der Waals surface area contributed by atoms with E-state index in [0.717, 1.165) is 32.1 Å². The number of aliphatic carboxylic acids is 1. The third-order valence-corrected chi connectivity index (χ3v) is 4.10. The van der Waals surface area contributed by atoms with E-state index in [1.807, 2.05) is 0 Å². The van der Waals surface area contributed by atoms with E-state index in [2.05, 4.69) is 5.32 Å². The summed E-state index contributed by atoms with van der Waals surface area (Å²) < 4.78 is 0. The lowest BCUT2D eigenvalue weighted by Crippen LogP contribution is -2.40. The number of hydrogen-bond acceptors (Lipinski definition) is 2. The van der Waals surface area contributed by atoms with Gasteiger partial charge in [-0.1, -0.05) is 19.3 Å². The van der Waals surface area contributed by atoms with Gasteiger partial charge in [-0.05, 0) is 32.1 Å². The molecule has 0 aliphatic heterocycles. The quantitative estimate of drug-likeness (QED) is 0.791. The number of carboxylic acids is 1. The lowest BCUT2D eigenvalue weighted by molar-refractivity contribution is -0.144. The van der Waals surface area contributed by atoms with E-state index in [1.54, 1.807) is 0 Å². The Bertz CT molecular complexity index is 297. The fourth-order valence-electron chi connectivity index (χ4n) is 3.04. The molecule has 0 aromatic heterocycles. The Morgan fingerprint density at radius 2 is 1.59 bits per heavy atom. The third-order valence-electron chi connectivity index (χ3n) is 4.10. The molecule has 2 aliphatic rings. The molecule has 0 spiro atoms. The molecule has 0 saturated heterocycles. The standard InChI is InChI=1S/C13H21NO3/c15-12(14-11-6-1-2-7-11)9-4-3-5-10(8-9)13(16)17/h9-11H,1-8H2,(H,14,15)(H,16,17). The zero-order valence-corrected chi connectivity index (χ0v) is 10.2. The van der Waals surface area contributed by atoms with Gasteiger partial charge in [-0.2, -0.15) is 0 Å². The molecule has 0 heterocycles. The van der Waals surface area contributed by atoms with Crippen LogP contribution in [0.2, 0.25) is 0 Å². The highest BCUT2D eigenvalue weighted by molar-refractivity contribution is 5.80. The number of hydrogen-bond donors (Lipinski definition) is 2. The Morgan fingerprint density at radius 3 is 2.24 bits per heavy atom. The van der Waals surface area contributed by atoms with Gasteiger partial charge in [0, 0.05) is 12.0 Å². The van der Waals surface area contributed by atoms with Crippen molar-refractivity contribution in [3.05, 3.63) is 0 Å². The van der Waals surface area contributed by atoms with Crippen molar-refractivity contribution in [3.8, 4) is 0 Å². The van der Waals surface area contributed by atoms with E-state index in [9.17, 15) is 9.59 Å². The minimum atomic E-state index is -0.747. The Labute approximate surface area is 102 Å². The van der Waals surface area contributed by atoms with Gasteiger partial charge in [0.05, 0.1) is 5.92 Å². The molecule has 96 valence electrons. The summed E-state index contributed by atoms with van der Waals surface area (Å²) in [6.45, 7) is 0. The predicted octanol–water partition coefficient (Wildman–Crippen LogP) is 1.94. The summed E-state index contributed by atoms with van der Waals surface area (Å²) in [6, 6.07) is 0.340. The van der Waals surface area contributed by atoms with Crippen LogP contribution < -0.4 is 5.32 Å². The highest BCUT2D eigenvalue weighted by Crippen LogP contribution is 2.30. The SMILES string of the molecule is O=C(O)C1CCCC(C(=O)NC2CCCC2)C1. The van der Waals surface area contributed by atoms with Gasteiger partial charge in [-0.3, -0.25) is 9.59 Å². The molecule has 1 amide bonds. The lowest BCUT2D eigenvalue weighted by Gasteiger charge is -2.26. The maximum atomic E-state index is 12.0. The average molecular weight is 239 g/mol. The molecule has 0 bridgehead atoms. The van der Waals surface area contributed by atoms with Crippen LogP contribution in [-0.4, -0.2) is 23.0 Å². The van der Waals surface area contributed by atoms with Crippen LogP contribution in [0, 0.1) is 11.8 Å². The van der Waals surface area contributed by atoms with Crippen molar-refractivity contribution < 1.29 is 14.7 Å². The summed E-state index contributed by atoms with van der Waals surface area (Å²) in [5.41, 5.74) is 0. The lowest BCUT2D eigenvalue weighted by atomic mass is 9.81. The van der Waals surface area contributed by atoms with Crippen molar-refractivity contribution in [1.82, 2.24) is 5.32 Å². The number of carboxylic acid groups (broad SMARTS) is 1. The molecule has 4 heteroatoms. The van der Waals surface area contributed by atoms with Crippen molar-refractivity contribution in [3.63, 3.8) is 0 Å². The van der Waals surface area contributed by atoms with Crippen LogP contribution in [0.4, 0.5) is 0 Å². The first-order chi connectivity index (χ1) is 8.16. The molecular formula is C13H21NO3. The molecule has 4 nitrogen and oxygen atoms in total. The van der Waals surface area contributed by atoms with Crippen LogP contribution in [0.1, 0.15) is 51.4 Å². The Morgan fingerprint density at radius 1 is 0.941 bits per heavy atom. The second-order valence-electron chi connectivity index (χ2n) is 5.39. The van der Waals surface area contributed by atoms with Gasteiger partial charge in [0.2, 0.25) is 5.91 Å². The van der Waals surface area contributed by atoms with Gasteiger partial charge >= 0.3 is 5.97 Å². The first-order valence-corrected chi connectivity index (χ1v) is 6.70. The fourth-order valence-corrected chi connectivity index (χ4v) is 3.04. The van der Waals surface area contributed by atoms with Crippen molar-refractivity contribution in [1.29, 1.82) is 0 Å². The molecule has 2 unspecified atom stereocenters. The van der Waals surface area contributed by atoms with Crippen molar-refractivity contribution in [2.75, 3.05) is 0 Å². The fraction of sp³-hybridized carbons (Fsp3) is 0.846. The van der Waals surface area contributed by atoms with Crippen LogP contribution in [0.5, 0.6) is 0 Å². The van der Waals surface area contributed by atoms with E-state index >= 15 is 0 Å². The van der Waals surface area contributed by atoms with E-state index < -0.39 is 5.97 Å². The largest absolute Gasteiger partial charge is 0.481 e. The highest BCUT2D eigenvalue weighted by Gasteiger charge is 2.32. The van der Waals surface area contributed by atoms with Crippen molar-refractivity contribution in [2.45, 2.75) is 57.4 Å². The summed E-state index contributed by atoms with van der Waals surface area (Å²) in [5, 5.41) is 12.1. The minimum absolute atomic E-state index is 0.0783. The van der Waals surface area contributed by atoms with Crippen LogP contribution in [0.15, 0.2) is 0 Å². The predicted molar refractivity (Wildman–Crippen MR) is 63.5 cm³/mol. The second-order valence-corrected chi connectivity index (χ2v) is 5.39. The molecule has 2 fully saturated rings. The smallest absolute Gasteiger partial charge is 0.306 e. The molecule has 17 heavy (non-hydrogen) atoms. The van der Waals surface area contributed by atoms with Crippen LogP contribution in [0.3, 0.4) is 0 Å². The van der Waals surface area contributed by atoms with Gasteiger partial charge in [-0.15, -0.1) is 0 Å². The number of rotatable bonds is 3. The van der Waals surface area contributed by atoms with Gasteiger partial charge in [0.15, 0.2) is 0 Å². The molecular weight excluding hydrogens is 218 g/mol. The molecule has 2 rings (SSSR count). The van der Waals surface area contributed by atoms with Crippen LogP contribution in [-0.2, 0) is 9.59 Å². The molecule has 2 N–H and O–H groups in total. The Balaban J connectivity index is 1.83. The summed E-state index contributed by atoms with van der Waals surface area (Å²) in [7, 11) is 0. The highest BCUT2D eigenvalue weighted by atomic mass is 16.4. The normalized spacial score (nSPS) is 30.1. The first kappa shape index (κ1) is 12.4. The van der Waals surface area contributed by atoms with Gasteiger partial charge in [-0.25, -0.2) is 0 Å². The van der Waals surface area contributed by atoms with Crippen molar-refractivity contribution in [2.24, 2.45) is 11.8 Å². The second kappa shape index (κ2) is 5.52. The molecule has 0 aromatic rings. The first-order valence-electron chi connectivity index (χ1n) is 6.70. The summed E-state index contributed by atoms with van der Waals surface area (Å²) >= 11 is 0. The van der Waals surface area contributed by atoms with Crippen LogP contribution >= 0.6 is 0 Å². The zero-order valence-electron chi connectivity index (χ0n) is 10.2. The van der Waals surface area contributed by atoms with E-state index in [4.69, 9.17) is 5.11 Å². The van der Waals surface area contributed by atoms with Crippen molar-refractivity contribution >= 4 is 11.9 Å². The zero-order chi connectivity index (χ0) is 12.3. The number of carbonyl (C=O) groups excluding carboxylic acids is 1. The van der Waals surface area contributed by atoms with Gasteiger partial charge < -0.3 is 10.4 Å². The number of nitrogens with one attached hydrogen (secondary N) is 1. The number of amides is 1. The third kappa shape index (κ3) is 3.20. The molecule has 2 aliphatic carbocycles. The Hall–Kier alpha value is -1.06. The van der Waals surface area contributed by atoms with E-state index in [1.165, 1.54) is 12.8 Å². The molecule has 0 radical (unpaired) electrons. The topological polar surface area (TPSA) is 66.4 Å². The maximum Gasteiger partial charge on any atom is 0.306 e. The average Bonchev–Trinajstić information content (AvgIpc) is 2.82.